The zero-order valence-corrected chi connectivity index (χ0v) is 6.82. The summed E-state index contributed by atoms with van der Waals surface area (Å²) in [6.45, 7) is -0.508. The second-order valence-electron chi connectivity index (χ2n) is 2.21. The monoisotopic (exact) mass is 208 g/mol. The fourth-order valence-electron chi connectivity index (χ4n) is 0.646. The van der Waals surface area contributed by atoms with Crippen LogP contribution in [0.4, 0.5) is 0 Å². The third-order valence-electron chi connectivity index (χ3n) is 1.23. The van der Waals surface area contributed by atoms with E-state index < -0.39 is 24.5 Å². The van der Waals surface area contributed by atoms with E-state index >= 15 is 0 Å². The Balaban J connectivity index is 4.58. The van der Waals surface area contributed by atoms with E-state index in [4.69, 9.17) is 10.2 Å². The van der Waals surface area contributed by atoms with Gasteiger partial charge in [-0.2, -0.15) is 0 Å². The Morgan fingerprint density at radius 2 is 2.00 bits per heavy atom. The summed E-state index contributed by atoms with van der Waals surface area (Å²) in [6, 6.07) is 0. The van der Waals surface area contributed by atoms with Crippen LogP contribution >= 0.6 is 0 Å². The van der Waals surface area contributed by atoms with Crippen LogP contribution < -0.4 is 0 Å². The van der Waals surface area contributed by atoms with Gasteiger partial charge >= 0.3 is 5.97 Å². The average Bonchev–Trinajstić information content (AvgIpc) is 2.03. The first-order valence-corrected chi connectivity index (χ1v) is 3.29. The number of aliphatic hydroxyl groups excluding tert-OH is 1. The lowest BCUT2D eigenvalue weighted by molar-refractivity contribution is -0.294. The Bertz CT molecular complexity index is 226. The lowest BCUT2D eigenvalue weighted by Crippen LogP contribution is -2.47. The van der Waals surface area contributed by atoms with Crippen LogP contribution in [0.25, 0.3) is 0 Å². The molecule has 80 valence electrons. The Kier molecular flexibility index (Phi) is 4.53. The maximum absolute atomic E-state index is 10.2. The third-order valence-corrected chi connectivity index (χ3v) is 1.23. The molecule has 2 atom stereocenters. The molecule has 0 saturated carbocycles. The van der Waals surface area contributed by atoms with Gasteiger partial charge in [0.2, 0.25) is 0 Å². The van der Waals surface area contributed by atoms with Crippen molar-refractivity contribution in [3.05, 3.63) is 0 Å². The molecule has 0 spiro atoms. The molecule has 3 N–H and O–H groups in total. The number of aliphatic carboxylic acids is 1. The second-order valence-corrected chi connectivity index (χ2v) is 2.21. The number of hydrogen-bond donors (Lipinski definition) is 3. The lowest BCUT2D eigenvalue weighted by atomic mass is 10.2. The number of carbonyl (C=O) groups excluding carboxylic acids is 2. The summed E-state index contributed by atoms with van der Waals surface area (Å²) in [5, 5.41) is 26.4. The van der Waals surface area contributed by atoms with Gasteiger partial charge in [-0.3, -0.25) is 14.4 Å². The van der Waals surface area contributed by atoms with Gasteiger partial charge < -0.3 is 24.8 Å². The molecule has 14 heavy (non-hydrogen) atoms. The van der Waals surface area contributed by atoms with Gasteiger partial charge in [0.05, 0.1) is 0 Å². The first-order chi connectivity index (χ1) is 6.46. The summed E-state index contributed by atoms with van der Waals surface area (Å²) in [7, 11) is 0. The predicted molar refractivity (Wildman–Crippen MR) is 37.5 cm³/mol. The van der Waals surface area contributed by atoms with E-state index in [0.29, 0.717) is 0 Å². The van der Waals surface area contributed by atoms with Gasteiger partial charge in [-0.15, -0.1) is 0 Å². The standard InChI is InChI=1S/C6H8O8/c7-2-13-5(11)6(12,14-3-8)1-4(9)10/h2-3,5,11-12H,1H2,(H,9,10). The van der Waals surface area contributed by atoms with E-state index in [1.807, 2.05) is 0 Å². The van der Waals surface area contributed by atoms with Crippen molar-refractivity contribution in [1.29, 1.82) is 0 Å². The van der Waals surface area contributed by atoms with Crippen molar-refractivity contribution in [2.24, 2.45) is 0 Å². The molecular weight excluding hydrogens is 200 g/mol. The fraction of sp³-hybridized carbons (Fsp3) is 0.500. The van der Waals surface area contributed by atoms with E-state index in [-0.39, 0.29) is 12.9 Å². The van der Waals surface area contributed by atoms with Gasteiger partial charge in [-0.1, -0.05) is 0 Å². The molecule has 8 heteroatoms. The molecule has 0 aliphatic carbocycles. The SMILES string of the molecule is O=COC(O)C(O)(CC(=O)O)OC=O. The smallest absolute Gasteiger partial charge is 0.310 e. The highest BCUT2D eigenvalue weighted by Crippen LogP contribution is 2.17. The van der Waals surface area contributed by atoms with E-state index in [9.17, 15) is 19.5 Å². The quantitative estimate of drug-likeness (QED) is 0.317. The summed E-state index contributed by atoms with van der Waals surface area (Å²) in [5.41, 5.74) is 0. The van der Waals surface area contributed by atoms with Crippen LogP contribution in [0.2, 0.25) is 0 Å². The Morgan fingerprint density at radius 1 is 1.43 bits per heavy atom. The minimum Gasteiger partial charge on any atom is -0.481 e. The van der Waals surface area contributed by atoms with Crippen molar-refractivity contribution < 1.29 is 39.2 Å². The minimum atomic E-state index is -2.78. The molecule has 0 aromatic carbocycles. The largest absolute Gasteiger partial charge is 0.481 e. The Labute approximate surface area is 77.7 Å². The molecule has 0 rings (SSSR count). The van der Waals surface area contributed by atoms with Crippen molar-refractivity contribution >= 4 is 18.9 Å². The van der Waals surface area contributed by atoms with Gasteiger partial charge in [0.1, 0.15) is 6.42 Å². The Morgan fingerprint density at radius 3 is 2.36 bits per heavy atom. The minimum absolute atomic E-state index is 0.231. The van der Waals surface area contributed by atoms with Crippen LogP contribution in [0.3, 0.4) is 0 Å². The maximum atomic E-state index is 10.2. The molecular formula is C6H8O8. The van der Waals surface area contributed by atoms with E-state index in [2.05, 4.69) is 9.47 Å². The van der Waals surface area contributed by atoms with E-state index in [0.717, 1.165) is 0 Å². The molecule has 0 aliphatic rings. The van der Waals surface area contributed by atoms with Gasteiger partial charge in [-0.25, -0.2) is 0 Å². The number of aliphatic hydroxyl groups is 2. The molecule has 0 fully saturated rings. The van der Waals surface area contributed by atoms with Gasteiger partial charge in [-0.05, 0) is 0 Å². The number of rotatable bonds is 7. The summed E-state index contributed by atoms with van der Waals surface area (Å²) in [4.78, 5) is 29.8. The topological polar surface area (TPSA) is 130 Å². The summed E-state index contributed by atoms with van der Waals surface area (Å²) < 4.78 is 7.75. The fourth-order valence-corrected chi connectivity index (χ4v) is 0.646. The molecule has 0 bridgehead atoms. The molecule has 0 saturated heterocycles. The first-order valence-electron chi connectivity index (χ1n) is 3.29. The zero-order valence-electron chi connectivity index (χ0n) is 6.82. The number of hydrogen-bond acceptors (Lipinski definition) is 7. The molecule has 0 aromatic rings. The lowest BCUT2D eigenvalue weighted by Gasteiger charge is -2.27. The predicted octanol–water partition coefficient (Wildman–Crippen LogP) is -2.19. The van der Waals surface area contributed by atoms with Crippen molar-refractivity contribution in [3.63, 3.8) is 0 Å². The number of carboxylic acids is 1. The first kappa shape index (κ1) is 12.3. The van der Waals surface area contributed by atoms with Crippen molar-refractivity contribution in [2.75, 3.05) is 0 Å². The molecule has 0 radical (unpaired) electrons. The van der Waals surface area contributed by atoms with E-state index in [1.165, 1.54) is 0 Å². The van der Waals surface area contributed by atoms with Crippen LogP contribution in [0.1, 0.15) is 6.42 Å². The molecule has 2 unspecified atom stereocenters. The van der Waals surface area contributed by atoms with Crippen LogP contribution in [-0.4, -0.2) is 46.3 Å². The Hall–Kier alpha value is -1.67. The number of carbonyl (C=O) groups is 3. The van der Waals surface area contributed by atoms with E-state index in [1.54, 1.807) is 0 Å². The van der Waals surface area contributed by atoms with Crippen LogP contribution in [-0.2, 0) is 23.9 Å². The van der Waals surface area contributed by atoms with Gasteiger partial charge in [0.25, 0.3) is 25.0 Å². The van der Waals surface area contributed by atoms with Crippen LogP contribution in [0, 0.1) is 0 Å². The normalized spacial score (nSPS) is 16.1. The number of carboxylic acid groups (broad SMARTS) is 1. The molecule has 8 nitrogen and oxygen atoms in total. The highest BCUT2D eigenvalue weighted by Gasteiger charge is 2.42. The van der Waals surface area contributed by atoms with Crippen LogP contribution in [0.5, 0.6) is 0 Å². The molecule has 0 aromatic heterocycles. The maximum Gasteiger partial charge on any atom is 0.310 e. The second kappa shape index (κ2) is 5.14. The third kappa shape index (κ3) is 3.37. The van der Waals surface area contributed by atoms with Gasteiger partial charge in [0.15, 0.2) is 0 Å². The van der Waals surface area contributed by atoms with Gasteiger partial charge in [0, 0.05) is 0 Å². The summed E-state index contributed by atoms with van der Waals surface area (Å²) >= 11 is 0. The molecule has 0 heterocycles. The average molecular weight is 208 g/mol. The molecule has 0 amide bonds. The van der Waals surface area contributed by atoms with Crippen molar-refractivity contribution in [3.8, 4) is 0 Å². The summed E-state index contributed by atoms with van der Waals surface area (Å²) in [6.07, 6.45) is -3.39. The highest BCUT2D eigenvalue weighted by atomic mass is 16.7. The zero-order chi connectivity index (χ0) is 11.2. The molecule has 0 aliphatic heterocycles. The van der Waals surface area contributed by atoms with Crippen LogP contribution in [0.15, 0.2) is 0 Å². The van der Waals surface area contributed by atoms with Crippen molar-refractivity contribution in [2.45, 2.75) is 18.5 Å². The highest BCUT2D eigenvalue weighted by molar-refractivity contribution is 5.68. The number of ether oxygens (including phenoxy) is 2. The summed E-state index contributed by atoms with van der Waals surface area (Å²) in [5.74, 6) is -4.34. The van der Waals surface area contributed by atoms with Crippen molar-refractivity contribution in [1.82, 2.24) is 0 Å².